The van der Waals surface area contributed by atoms with E-state index in [9.17, 15) is 18.3 Å². The topological polar surface area (TPSA) is 102 Å². The maximum absolute atomic E-state index is 12.6. The first kappa shape index (κ1) is 20.0. The molecule has 0 aliphatic carbocycles. The van der Waals surface area contributed by atoms with Crippen molar-refractivity contribution in [2.75, 3.05) is 12.3 Å². The van der Waals surface area contributed by atoms with Crippen molar-refractivity contribution >= 4 is 16.9 Å². The number of hydrogen-bond donors (Lipinski definition) is 3. The molecule has 3 rings (SSSR count). The molecule has 0 aliphatic rings. The predicted octanol–water partition coefficient (Wildman–Crippen LogP) is 2.59. The molecule has 0 bridgehead atoms. The lowest BCUT2D eigenvalue weighted by Gasteiger charge is -2.28. The molecule has 2 aromatic heterocycles. The predicted molar refractivity (Wildman–Crippen MR) is 99.3 cm³/mol. The monoisotopic (exact) mass is 394 g/mol. The van der Waals surface area contributed by atoms with E-state index in [-0.39, 0.29) is 12.4 Å². The van der Waals surface area contributed by atoms with Gasteiger partial charge in [0.2, 0.25) is 6.23 Å². The lowest BCUT2D eigenvalue weighted by atomic mass is 10.1. The first-order valence-electron chi connectivity index (χ1n) is 8.55. The third-order valence-electron chi connectivity index (χ3n) is 4.43. The summed E-state index contributed by atoms with van der Waals surface area (Å²) in [7, 11) is 0. The minimum absolute atomic E-state index is 0.207. The van der Waals surface area contributed by atoms with E-state index in [1.807, 2.05) is 31.2 Å². The number of fused-ring (bicyclic) bond motifs is 1. The Labute approximate surface area is 159 Å². The first-order valence-corrected chi connectivity index (χ1v) is 8.55. The molecule has 1 atom stereocenters. The lowest BCUT2D eigenvalue weighted by Crippen LogP contribution is -2.48. The van der Waals surface area contributed by atoms with Gasteiger partial charge in [0.25, 0.3) is 0 Å². The van der Waals surface area contributed by atoms with Gasteiger partial charge in [-0.25, -0.2) is 14.6 Å². The quantitative estimate of drug-likeness (QED) is 0.575. The summed E-state index contributed by atoms with van der Waals surface area (Å²) in [5.41, 5.74) is 7.90. The van der Waals surface area contributed by atoms with Gasteiger partial charge >= 0.3 is 6.18 Å². The van der Waals surface area contributed by atoms with E-state index in [2.05, 4.69) is 20.4 Å². The van der Waals surface area contributed by atoms with Crippen LogP contribution >= 0.6 is 0 Å². The van der Waals surface area contributed by atoms with Gasteiger partial charge in [-0.3, -0.25) is 5.32 Å². The second-order valence-electron chi connectivity index (χ2n) is 7.22. The Hall–Kier alpha value is -2.72. The van der Waals surface area contributed by atoms with Crippen LogP contribution in [0.1, 0.15) is 19.4 Å². The Morgan fingerprint density at radius 3 is 2.43 bits per heavy atom. The highest BCUT2D eigenvalue weighted by atomic mass is 19.4. The molecule has 7 nitrogen and oxygen atoms in total. The van der Waals surface area contributed by atoms with Crippen LogP contribution in [0.4, 0.5) is 19.0 Å². The highest BCUT2D eigenvalue weighted by Gasteiger charge is 2.39. The Bertz CT molecular complexity index is 981. The van der Waals surface area contributed by atoms with Crippen molar-refractivity contribution < 1.29 is 18.3 Å². The summed E-state index contributed by atoms with van der Waals surface area (Å²) in [6.45, 7) is 5.12. The molecule has 0 spiro atoms. The van der Waals surface area contributed by atoms with Crippen LogP contribution in [0, 0.1) is 6.92 Å². The van der Waals surface area contributed by atoms with Crippen molar-refractivity contribution in [3.63, 3.8) is 0 Å². The second kappa shape index (κ2) is 7.02. The normalized spacial score (nSPS) is 13.8. The van der Waals surface area contributed by atoms with E-state index in [4.69, 9.17) is 5.73 Å². The summed E-state index contributed by atoms with van der Waals surface area (Å²) in [5, 5.41) is 16.5. The van der Waals surface area contributed by atoms with Crippen LogP contribution in [0.25, 0.3) is 22.3 Å². The van der Waals surface area contributed by atoms with Crippen LogP contribution in [-0.2, 0) is 5.54 Å². The van der Waals surface area contributed by atoms with Gasteiger partial charge < -0.3 is 10.8 Å². The molecule has 0 saturated heterocycles. The van der Waals surface area contributed by atoms with Gasteiger partial charge in [0.15, 0.2) is 5.65 Å². The maximum Gasteiger partial charge on any atom is 0.427 e. The lowest BCUT2D eigenvalue weighted by molar-refractivity contribution is -0.214. The number of aryl methyl sites for hydroxylation is 1. The number of aliphatic hydroxyl groups excluding tert-OH is 1. The zero-order valence-corrected chi connectivity index (χ0v) is 15.6. The summed E-state index contributed by atoms with van der Waals surface area (Å²) < 4.78 is 39.4. The molecule has 28 heavy (non-hydrogen) atoms. The molecule has 0 radical (unpaired) electrons. The number of halogens is 3. The number of alkyl halides is 3. The van der Waals surface area contributed by atoms with Crippen molar-refractivity contribution in [3.8, 4) is 11.3 Å². The second-order valence-corrected chi connectivity index (χ2v) is 7.22. The summed E-state index contributed by atoms with van der Waals surface area (Å²) in [6, 6.07) is 7.61. The van der Waals surface area contributed by atoms with Crippen molar-refractivity contribution in [1.82, 2.24) is 25.1 Å². The Morgan fingerprint density at radius 1 is 1.18 bits per heavy atom. The average Bonchev–Trinajstić information content (AvgIpc) is 3.01. The van der Waals surface area contributed by atoms with E-state index in [1.54, 1.807) is 13.8 Å². The van der Waals surface area contributed by atoms with Crippen LogP contribution in [0.3, 0.4) is 0 Å². The van der Waals surface area contributed by atoms with Crippen LogP contribution < -0.4 is 11.1 Å². The van der Waals surface area contributed by atoms with Crippen molar-refractivity contribution in [1.29, 1.82) is 0 Å². The number of nitrogens with two attached hydrogens (primary N) is 1. The number of nitrogens with zero attached hydrogens (tertiary/aromatic N) is 4. The molecule has 1 aromatic carbocycles. The molecule has 0 aliphatic heterocycles. The number of benzene rings is 1. The fourth-order valence-corrected chi connectivity index (χ4v) is 2.85. The van der Waals surface area contributed by atoms with Crippen molar-refractivity contribution in [2.45, 2.75) is 38.7 Å². The summed E-state index contributed by atoms with van der Waals surface area (Å²) in [5.74, 6) is 0.228. The maximum atomic E-state index is 12.6. The van der Waals surface area contributed by atoms with Crippen LogP contribution in [0.15, 0.2) is 30.6 Å². The van der Waals surface area contributed by atoms with E-state index < -0.39 is 17.9 Å². The Balaban J connectivity index is 2.06. The highest BCUT2D eigenvalue weighted by molar-refractivity contribution is 5.98. The molecule has 1 unspecified atom stereocenters. The minimum atomic E-state index is -4.76. The van der Waals surface area contributed by atoms with Gasteiger partial charge in [-0.05, 0) is 20.8 Å². The number of aliphatic hydroxyl groups is 1. The van der Waals surface area contributed by atoms with E-state index in [0.717, 1.165) is 11.1 Å². The molecule has 150 valence electrons. The number of hydrogen-bond acceptors (Lipinski definition) is 6. The van der Waals surface area contributed by atoms with E-state index in [1.165, 1.54) is 11.0 Å². The zero-order chi connectivity index (χ0) is 20.7. The van der Waals surface area contributed by atoms with Gasteiger partial charge in [0.05, 0.1) is 10.9 Å². The van der Waals surface area contributed by atoms with Gasteiger partial charge in [-0.1, -0.05) is 29.8 Å². The number of rotatable bonds is 5. The molecule has 3 aromatic rings. The average molecular weight is 394 g/mol. The Morgan fingerprint density at radius 2 is 1.82 bits per heavy atom. The van der Waals surface area contributed by atoms with E-state index >= 15 is 0 Å². The van der Waals surface area contributed by atoms with Crippen LogP contribution in [0.5, 0.6) is 0 Å². The van der Waals surface area contributed by atoms with Gasteiger partial charge in [0.1, 0.15) is 17.8 Å². The van der Waals surface area contributed by atoms with Gasteiger partial charge in [-0.2, -0.15) is 18.3 Å². The van der Waals surface area contributed by atoms with Gasteiger partial charge in [-0.15, -0.1) is 0 Å². The SMILES string of the molecule is Cc1ccc(-c2nn(C(C)(C)CNC(O)C(F)(F)F)c3ncnc(N)c23)cc1. The van der Waals surface area contributed by atoms with Crippen LogP contribution in [0.2, 0.25) is 0 Å². The first-order chi connectivity index (χ1) is 13.0. The molecule has 0 saturated carbocycles. The molecule has 0 fully saturated rings. The Kier molecular flexibility index (Phi) is 5.02. The minimum Gasteiger partial charge on any atom is -0.383 e. The smallest absolute Gasteiger partial charge is 0.383 e. The van der Waals surface area contributed by atoms with Crippen molar-refractivity contribution in [3.05, 3.63) is 36.2 Å². The molecule has 0 amide bonds. The number of aromatic nitrogens is 4. The van der Waals surface area contributed by atoms with Crippen LogP contribution in [-0.4, -0.2) is 43.8 Å². The summed E-state index contributed by atoms with van der Waals surface area (Å²) >= 11 is 0. The number of nitrogen functional groups attached to an aromatic ring is 1. The molecule has 4 N–H and O–H groups in total. The fourth-order valence-electron chi connectivity index (χ4n) is 2.85. The number of nitrogens with one attached hydrogen (secondary N) is 1. The van der Waals surface area contributed by atoms with Crippen molar-refractivity contribution in [2.24, 2.45) is 0 Å². The standard InChI is InChI=1S/C18H21F3N6O/c1-10-4-6-11(7-5-10)13-12-14(22)24-9-25-15(12)27(26-13)17(2,3)8-23-16(28)18(19,20)21/h4-7,9,16,23,28H,8H2,1-3H3,(H2,22,24,25). The number of anilines is 1. The fraction of sp³-hybridized carbons (Fsp3) is 0.389. The van der Waals surface area contributed by atoms with E-state index in [0.29, 0.717) is 16.7 Å². The highest BCUT2D eigenvalue weighted by Crippen LogP contribution is 2.33. The third kappa shape index (κ3) is 3.78. The summed E-state index contributed by atoms with van der Waals surface area (Å²) in [4.78, 5) is 8.27. The summed E-state index contributed by atoms with van der Waals surface area (Å²) in [6.07, 6.45) is -6.12. The van der Waals surface area contributed by atoms with Gasteiger partial charge in [0, 0.05) is 12.1 Å². The zero-order valence-electron chi connectivity index (χ0n) is 15.6. The third-order valence-corrected chi connectivity index (χ3v) is 4.43. The largest absolute Gasteiger partial charge is 0.427 e. The molecular formula is C18H21F3N6O. The molecule has 10 heteroatoms. The molecular weight excluding hydrogens is 373 g/mol. The molecule has 2 heterocycles.